The molecule has 0 unspecified atom stereocenters. The van der Waals surface area contributed by atoms with E-state index in [1.54, 1.807) is 11.3 Å². The molecule has 0 spiro atoms. The first-order chi connectivity index (χ1) is 8.16. The maximum atomic E-state index is 4.15. The van der Waals surface area contributed by atoms with Crippen LogP contribution in [0.2, 0.25) is 0 Å². The molecule has 17 heavy (non-hydrogen) atoms. The van der Waals surface area contributed by atoms with Gasteiger partial charge < -0.3 is 10.2 Å². The summed E-state index contributed by atoms with van der Waals surface area (Å²) in [6.45, 7) is 0.822. The lowest BCUT2D eigenvalue weighted by Crippen LogP contribution is -2.12. The SMILES string of the molecule is CN(C)c1ccncc1NCc1ccc(Br)s1. The van der Waals surface area contributed by atoms with Crippen LogP contribution in [0.15, 0.2) is 34.4 Å². The van der Waals surface area contributed by atoms with Crippen molar-refractivity contribution in [1.82, 2.24) is 4.98 Å². The van der Waals surface area contributed by atoms with Gasteiger partial charge in [0, 0.05) is 31.7 Å². The molecular formula is C12H14BrN3S. The minimum Gasteiger partial charge on any atom is -0.377 e. The number of nitrogens with zero attached hydrogens (tertiary/aromatic N) is 2. The van der Waals surface area contributed by atoms with E-state index in [1.165, 1.54) is 4.88 Å². The van der Waals surface area contributed by atoms with E-state index in [-0.39, 0.29) is 0 Å². The number of aromatic nitrogens is 1. The highest BCUT2D eigenvalue weighted by atomic mass is 79.9. The molecule has 0 aromatic carbocycles. The van der Waals surface area contributed by atoms with Crippen LogP contribution in [0, 0.1) is 0 Å². The van der Waals surface area contributed by atoms with E-state index in [0.29, 0.717) is 0 Å². The molecular weight excluding hydrogens is 298 g/mol. The molecule has 0 saturated carbocycles. The Labute approximate surface area is 114 Å². The van der Waals surface area contributed by atoms with Gasteiger partial charge in [0.25, 0.3) is 0 Å². The molecule has 0 bridgehead atoms. The molecule has 1 N–H and O–H groups in total. The second-order valence-corrected chi connectivity index (χ2v) is 6.39. The highest BCUT2D eigenvalue weighted by Gasteiger charge is 2.04. The summed E-state index contributed by atoms with van der Waals surface area (Å²) in [6, 6.07) is 6.19. The molecule has 0 aliphatic rings. The summed E-state index contributed by atoms with van der Waals surface area (Å²) in [6.07, 6.45) is 3.67. The second kappa shape index (κ2) is 5.51. The van der Waals surface area contributed by atoms with E-state index >= 15 is 0 Å². The quantitative estimate of drug-likeness (QED) is 0.935. The fourth-order valence-corrected chi connectivity index (χ4v) is 2.97. The molecule has 0 radical (unpaired) electrons. The molecule has 5 heteroatoms. The first kappa shape index (κ1) is 12.4. The van der Waals surface area contributed by atoms with Gasteiger partial charge in [-0.2, -0.15) is 0 Å². The van der Waals surface area contributed by atoms with Gasteiger partial charge in [-0.05, 0) is 34.1 Å². The van der Waals surface area contributed by atoms with Crippen molar-refractivity contribution in [1.29, 1.82) is 0 Å². The third-order valence-electron chi connectivity index (χ3n) is 2.36. The molecule has 2 rings (SSSR count). The van der Waals surface area contributed by atoms with Gasteiger partial charge in [0.15, 0.2) is 0 Å². The van der Waals surface area contributed by atoms with Gasteiger partial charge in [-0.15, -0.1) is 11.3 Å². The van der Waals surface area contributed by atoms with Gasteiger partial charge in [0.2, 0.25) is 0 Å². The van der Waals surface area contributed by atoms with Crippen molar-refractivity contribution in [3.8, 4) is 0 Å². The van der Waals surface area contributed by atoms with Gasteiger partial charge in [0.1, 0.15) is 0 Å². The van der Waals surface area contributed by atoms with E-state index in [9.17, 15) is 0 Å². The van der Waals surface area contributed by atoms with E-state index in [0.717, 1.165) is 21.7 Å². The molecule has 0 aliphatic heterocycles. The Balaban J connectivity index is 2.08. The van der Waals surface area contributed by atoms with Crippen LogP contribution in [0.1, 0.15) is 4.88 Å². The topological polar surface area (TPSA) is 28.2 Å². The number of rotatable bonds is 4. The zero-order chi connectivity index (χ0) is 12.3. The van der Waals surface area contributed by atoms with E-state index in [2.05, 4.69) is 43.3 Å². The molecule has 0 aliphatic carbocycles. The number of halogens is 1. The molecule has 2 aromatic rings. The van der Waals surface area contributed by atoms with Crippen LogP contribution in [0.5, 0.6) is 0 Å². The van der Waals surface area contributed by atoms with Gasteiger partial charge in [-0.1, -0.05) is 0 Å². The predicted molar refractivity (Wildman–Crippen MR) is 77.9 cm³/mol. The van der Waals surface area contributed by atoms with Crippen LogP contribution < -0.4 is 10.2 Å². The minimum atomic E-state index is 0.822. The average Bonchev–Trinajstić information content (AvgIpc) is 2.73. The van der Waals surface area contributed by atoms with Gasteiger partial charge in [-0.3, -0.25) is 4.98 Å². The fourth-order valence-electron chi connectivity index (χ4n) is 1.54. The summed E-state index contributed by atoms with van der Waals surface area (Å²) in [5.41, 5.74) is 2.21. The van der Waals surface area contributed by atoms with E-state index < -0.39 is 0 Å². The lowest BCUT2D eigenvalue weighted by molar-refractivity contribution is 1.10. The fraction of sp³-hybridized carbons (Fsp3) is 0.250. The summed E-state index contributed by atoms with van der Waals surface area (Å²) in [7, 11) is 4.06. The monoisotopic (exact) mass is 311 g/mol. The summed E-state index contributed by atoms with van der Waals surface area (Å²) >= 11 is 5.21. The number of thiophene rings is 1. The van der Waals surface area contributed by atoms with Gasteiger partial charge in [0.05, 0.1) is 21.4 Å². The summed E-state index contributed by atoms with van der Waals surface area (Å²) in [5.74, 6) is 0. The minimum absolute atomic E-state index is 0.822. The third kappa shape index (κ3) is 3.20. The van der Waals surface area contributed by atoms with Crippen molar-refractivity contribution >= 4 is 38.6 Å². The maximum absolute atomic E-state index is 4.15. The summed E-state index contributed by atoms with van der Waals surface area (Å²) in [5, 5.41) is 3.41. The number of hydrogen-bond donors (Lipinski definition) is 1. The maximum Gasteiger partial charge on any atom is 0.0767 e. The van der Waals surface area contributed by atoms with Crippen molar-refractivity contribution in [3.63, 3.8) is 0 Å². The highest BCUT2D eigenvalue weighted by Crippen LogP contribution is 2.26. The zero-order valence-corrected chi connectivity index (χ0v) is 12.2. The predicted octanol–water partition coefficient (Wildman–Crippen LogP) is 3.58. The van der Waals surface area contributed by atoms with E-state index in [4.69, 9.17) is 0 Å². The van der Waals surface area contributed by atoms with Crippen LogP contribution in [0.25, 0.3) is 0 Å². The Morgan fingerprint density at radius 2 is 2.18 bits per heavy atom. The largest absolute Gasteiger partial charge is 0.377 e. The van der Waals surface area contributed by atoms with Crippen LogP contribution in [-0.2, 0) is 6.54 Å². The van der Waals surface area contributed by atoms with Crippen molar-refractivity contribution in [2.75, 3.05) is 24.3 Å². The van der Waals surface area contributed by atoms with Crippen molar-refractivity contribution in [3.05, 3.63) is 39.3 Å². The molecule has 0 saturated heterocycles. The highest BCUT2D eigenvalue weighted by molar-refractivity contribution is 9.11. The lowest BCUT2D eigenvalue weighted by atomic mass is 10.3. The van der Waals surface area contributed by atoms with Crippen molar-refractivity contribution in [2.24, 2.45) is 0 Å². The van der Waals surface area contributed by atoms with Crippen LogP contribution in [0.4, 0.5) is 11.4 Å². The Hall–Kier alpha value is -1.07. The van der Waals surface area contributed by atoms with Gasteiger partial charge >= 0.3 is 0 Å². The Morgan fingerprint density at radius 1 is 1.35 bits per heavy atom. The molecule has 90 valence electrons. The van der Waals surface area contributed by atoms with Gasteiger partial charge in [-0.25, -0.2) is 0 Å². The van der Waals surface area contributed by atoms with Crippen LogP contribution in [0.3, 0.4) is 0 Å². The zero-order valence-electron chi connectivity index (χ0n) is 9.77. The average molecular weight is 312 g/mol. The number of hydrogen-bond acceptors (Lipinski definition) is 4. The van der Waals surface area contributed by atoms with Crippen molar-refractivity contribution in [2.45, 2.75) is 6.54 Å². The Morgan fingerprint density at radius 3 is 2.82 bits per heavy atom. The number of anilines is 2. The smallest absolute Gasteiger partial charge is 0.0767 e. The number of pyridine rings is 1. The molecule has 2 heterocycles. The first-order valence-electron chi connectivity index (χ1n) is 5.26. The molecule has 2 aromatic heterocycles. The Bertz CT molecular complexity index is 496. The summed E-state index contributed by atoms with van der Waals surface area (Å²) in [4.78, 5) is 7.52. The third-order valence-corrected chi connectivity index (χ3v) is 3.99. The van der Waals surface area contributed by atoms with Crippen LogP contribution >= 0.6 is 27.3 Å². The first-order valence-corrected chi connectivity index (χ1v) is 6.87. The normalized spacial score (nSPS) is 10.3. The molecule has 0 fully saturated rings. The van der Waals surface area contributed by atoms with Crippen molar-refractivity contribution < 1.29 is 0 Å². The Kier molecular flexibility index (Phi) is 4.02. The molecule has 0 amide bonds. The molecule has 3 nitrogen and oxygen atoms in total. The standard InChI is InChI=1S/C12H14BrN3S/c1-16(2)11-5-6-14-8-10(11)15-7-9-3-4-12(13)17-9/h3-6,8,15H,7H2,1-2H3. The van der Waals surface area contributed by atoms with E-state index in [1.807, 2.05) is 32.6 Å². The summed E-state index contributed by atoms with van der Waals surface area (Å²) < 4.78 is 1.16. The second-order valence-electron chi connectivity index (χ2n) is 3.85. The molecule has 0 atom stereocenters. The van der Waals surface area contributed by atoms with Crippen LogP contribution in [-0.4, -0.2) is 19.1 Å². The number of nitrogens with one attached hydrogen (secondary N) is 1. The lowest BCUT2D eigenvalue weighted by Gasteiger charge is -2.17.